The molecule has 5 nitrogen and oxygen atoms in total. The molecule has 10 heteroatoms. The van der Waals surface area contributed by atoms with Crippen molar-refractivity contribution in [3.8, 4) is 5.75 Å². The third-order valence-electron chi connectivity index (χ3n) is 5.27. The molecule has 0 saturated carbocycles. The molecule has 0 aliphatic carbocycles. The number of alkyl halides is 3. The van der Waals surface area contributed by atoms with Crippen LogP contribution in [0.2, 0.25) is 0 Å². The number of aryl methyl sites for hydroxylation is 1. The van der Waals surface area contributed by atoms with Gasteiger partial charge in [-0.05, 0) is 54.6 Å². The Hall–Kier alpha value is -2.30. The first kappa shape index (κ1) is 26.3. The molecule has 0 fully saturated rings. The molecule has 0 bridgehead atoms. The average molecular weight is 515 g/mol. The van der Waals surface area contributed by atoms with Crippen LogP contribution in [-0.4, -0.2) is 45.6 Å². The zero-order chi connectivity index (χ0) is 25.1. The van der Waals surface area contributed by atoms with Gasteiger partial charge >= 0.3 is 6.36 Å². The summed E-state index contributed by atoms with van der Waals surface area (Å²) in [6, 6.07) is 13.0. The van der Waals surface area contributed by atoms with E-state index in [-0.39, 0.29) is 18.0 Å². The Morgan fingerprint density at radius 1 is 1.06 bits per heavy atom. The van der Waals surface area contributed by atoms with E-state index in [4.69, 9.17) is 0 Å². The van der Waals surface area contributed by atoms with Gasteiger partial charge in [0, 0.05) is 17.8 Å². The number of fused-ring (bicyclic) bond motifs is 1. The third kappa shape index (κ3) is 6.86. The first-order valence-electron chi connectivity index (χ1n) is 10.9. The lowest BCUT2D eigenvalue weighted by molar-refractivity contribution is -0.274. The first-order valence-corrected chi connectivity index (χ1v) is 13.3. The highest BCUT2D eigenvalue weighted by Crippen LogP contribution is 2.39. The van der Waals surface area contributed by atoms with Crippen LogP contribution in [0.15, 0.2) is 48.5 Å². The van der Waals surface area contributed by atoms with Gasteiger partial charge in [-0.3, -0.25) is 4.31 Å². The maximum absolute atomic E-state index is 13.5. The second-order valence-electron chi connectivity index (χ2n) is 8.70. The fraction of sp³-hybridized carbons (Fsp3) is 0.417. The summed E-state index contributed by atoms with van der Waals surface area (Å²) in [5, 5.41) is 1.59. The molecule has 186 valence electrons. The fourth-order valence-electron chi connectivity index (χ4n) is 3.75. The highest BCUT2D eigenvalue weighted by atomic mass is 32.2. The van der Waals surface area contributed by atoms with Crippen LogP contribution >= 0.6 is 11.3 Å². The van der Waals surface area contributed by atoms with Crippen LogP contribution < -0.4 is 9.04 Å². The maximum atomic E-state index is 13.5. The fourth-order valence-corrected chi connectivity index (χ4v) is 6.82. The van der Waals surface area contributed by atoms with Crippen molar-refractivity contribution < 1.29 is 26.3 Å². The van der Waals surface area contributed by atoms with Crippen molar-refractivity contribution >= 4 is 36.4 Å². The maximum Gasteiger partial charge on any atom is 0.573 e. The molecule has 3 rings (SSSR count). The summed E-state index contributed by atoms with van der Waals surface area (Å²) in [5.41, 5.74) is 1.42. The van der Waals surface area contributed by atoms with Crippen LogP contribution in [0.5, 0.6) is 5.75 Å². The van der Waals surface area contributed by atoms with Gasteiger partial charge in [-0.15, -0.1) is 24.5 Å². The van der Waals surface area contributed by atoms with Gasteiger partial charge in [0.15, 0.2) is 0 Å². The molecule has 0 N–H and O–H groups in total. The quantitative estimate of drug-likeness (QED) is 0.331. The van der Waals surface area contributed by atoms with Crippen molar-refractivity contribution in [1.82, 2.24) is 4.90 Å². The lowest BCUT2D eigenvalue weighted by Gasteiger charge is -2.26. The van der Waals surface area contributed by atoms with Gasteiger partial charge in [0.05, 0.1) is 12.3 Å². The smallest absolute Gasteiger partial charge is 0.406 e. The SMILES string of the molecule is Cc1c(N(Cc2ccc(OC(F)(F)F)cc2)S(=O)(=O)CCN(C)CC(C)C)sc2ccccc12. The predicted molar refractivity (Wildman–Crippen MR) is 132 cm³/mol. The minimum absolute atomic E-state index is 0.0101. The van der Waals surface area contributed by atoms with Crippen molar-refractivity contribution in [2.24, 2.45) is 5.92 Å². The highest BCUT2D eigenvalue weighted by Gasteiger charge is 2.31. The standard InChI is InChI=1S/C24H29F3N2O3S2/c1-17(2)15-28(4)13-14-34(30,31)29(23-18(3)21-7-5-6-8-22(21)33-23)16-19-9-11-20(12-10-19)32-24(25,26)27/h5-12,17H,13-16H2,1-4H3. The number of anilines is 1. The molecule has 0 aliphatic rings. The van der Waals surface area contributed by atoms with Gasteiger partial charge in [-0.2, -0.15) is 0 Å². The molecule has 0 spiro atoms. The zero-order valence-electron chi connectivity index (χ0n) is 19.6. The third-order valence-corrected chi connectivity index (χ3v) is 8.36. The summed E-state index contributed by atoms with van der Waals surface area (Å²) >= 11 is 1.39. The van der Waals surface area contributed by atoms with Crippen molar-refractivity contribution in [3.05, 3.63) is 59.7 Å². The van der Waals surface area contributed by atoms with Gasteiger partial charge in [-0.25, -0.2) is 8.42 Å². The van der Waals surface area contributed by atoms with Crippen molar-refractivity contribution in [2.45, 2.75) is 33.7 Å². The highest BCUT2D eigenvalue weighted by molar-refractivity contribution is 7.93. The number of rotatable bonds is 10. The van der Waals surface area contributed by atoms with E-state index in [1.54, 1.807) is 0 Å². The molecule has 0 unspecified atom stereocenters. The van der Waals surface area contributed by atoms with E-state index in [1.165, 1.54) is 39.9 Å². The largest absolute Gasteiger partial charge is 0.573 e. The number of ether oxygens (including phenoxy) is 1. The molecule has 3 aromatic rings. The van der Waals surface area contributed by atoms with E-state index in [2.05, 4.69) is 18.6 Å². The summed E-state index contributed by atoms with van der Waals surface area (Å²) in [5.74, 6) is -0.01000. The van der Waals surface area contributed by atoms with Crippen LogP contribution in [0, 0.1) is 12.8 Å². The van der Waals surface area contributed by atoms with E-state index in [9.17, 15) is 21.6 Å². The number of hydrogen-bond acceptors (Lipinski definition) is 5. The number of benzene rings is 2. The van der Waals surface area contributed by atoms with Crippen molar-refractivity contribution in [2.75, 3.05) is 30.2 Å². The number of halogens is 3. The molecule has 0 atom stereocenters. The normalized spacial score (nSPS) is 12.6. The minimum Gasteiger partial charge on any atom is -0.406 e. The second kappa shape index (κ2) is 10.5. The Kier molecular flexibility index (Phi) is 8.15. The van der Waals surface area contributed by atoms with Gasteiger partial charge < -0.3 is 9.64 Å². The van der Waals surface area contributed by atoms with E-state index in [0.29, 0.717) is 23.0 Å². The second-order valence-corrected chi connectivity index (χ2v) is 11.7. The van der Waals surface area contributed by atoms with E-state index in [0.717, 1.165) is 22.2 Å². The molecular formula is C24H29F3N2O3S2. The topological polar surface area (TPSA) is 49.9 Å². The summed E-state index contributed by atoms with van der Waals surface area (Å²) < 4.78 is 70.9. The minimum atomic E-state index is -4.78. The lowest BCUT2D eigenvalue weighted by Crippen LogP contribution is -2.37. The summed E-state index contributed by atoms with van der Waals surface area (Å²) in [6.07, 6.45) is -4.78. The molecule has 0 radical (unpaired) electrons. The molecule has 2 aromatic carbocycles. The van der Waals surface area contributed by atoms with Gasteiger partial charge in [0.1, 0.15) is 10.8 Å². The van der Waals surface area contributed by atoms with Crippen LogP contribution in [0.3, 0.4) is 0 Å². The van der Waals surface area contributed by atoms with Gasteiger partial charge in [0.2, 0.25) is 10.0 Å². The lowest BCUT2D eigenvalue weighted by atomic mass is 10.2. The van der Waals surface area contributed by atoms with Crippen molar-refractivity contribution in [1.29, 1.82) is 0 Å². The zero-order valence-corrected chi connectivity index (χ0v) is 21.2. The number of hydrogen-bond donors (Lipinski definition) is 0. The van der Waals surface area contributed by atoms with Crippen LogP contribution in [-0.2, 0) is 16.6 Å². The molecule has 1 heterocycles. The Labute approximate surface area is 202 Å². The first-order chi connectivity index (χ1) is 15.9. The molecule has 1 aromatic heterocycles. The number of thiophene rings is 1. The van der Waals surface area contributed by atoms with Crippen LogP contribution in [0.25, 0.3) is 10.1 Å². The van der Waals surface area contributed by atoms with E-state index >= 15 is 0 Å². The molecule has 34 heavy (non-hydrogen) atoms. The molecule has 0 amide bonds. The molecule has 0 aliphatic heterocycles. The van der Waals surface area contributed by atoms with Gasteiger partial charge in [-0.1, -0.05) is 44.2 Å². The number of nitrogens with zero attached hydrogens (tertiary/aromatic N) is 2. The Morgan fingerprint density at radius 2 is 1.71 bits per heavy atom. The summed E-state index contributed by atoms with van der Waals surface area (Å²) in [6.45, 7) is 7.20. The Balaban J connectivity index is 1.92. The average Bonchev–Trinajstić information content (AvgIpc) is 3.06. The van der Waals surface area contributed by atoms with Crippen LogP contribution in [0.1, 0.15) is 25.0 Å². The Bertz CT molecular complexity index is 1210. The molecular weight excluding hydrogens is 485 g/mol. The van der Waals surface area contributed by atoms with Crippen molar-refractivity contribution in [3.63, 3.8) is 0 Å². The number of sulfonamides is 1. The monoisotopic (exact) mass is 514 g/mol. The Morgan fingerprint density at radius 3 is 2.29 bits per heavy atom. The summed E-state index contributed by atoms with van der Waals surface area (Å²) in [4.78, 5) is 1.99. The molecule has 0 saturated heterocycles. The van der Waals surface area contributed by atoms with E-state index < -0.39 is 16.4 Å². The van der Waals surface area contributed by atoms with Crippen LogP contribution in [0.4, 0.5) is 18.2 Å². The van der Waals surface area contributed by atoms with E-state index in [1.807, 2.05) is 43.1 Å². The summed E-state index contributed by atoms with van der Waals surface area (Å²) in [7, 11) is -1.83. The van der Waals surface area contributed by atoms with Gasteiger partial charge in [0.25, 0.3) is 0 Å². The predicted octanol–water partition coefficient (Wildman–Crippen LogP) is 6.03.